The molecule has 1 aliphatic heterocycles. The lowest BCUT2D eigenvalue weighted by molar-refractivity contribution is -0.592. The number of hydrogen-bond acceptors (Lipinski definition) is 7. The van der Waals surface area contributed by atoms with Crippen LogP contribution in [0.25, 0.3) is 0 Å². The molecule has 1 aromatic rings. The van der Waals surface area contributed by atoms with Crippen LogP contribution in [0.4, 0.5) is 5.88 Å². The van der Waals surface area contributed by atoms with E-state index in [9.17, 15) is 20.2 Å². The molecule has 2 rings (SSSR count). The van der Waals surface area contributed by atoms with Gasteiger partial charge in [-0.3, -0.25) is 20.2 Å². The zero-order chi connectivity index (χ0) is 14.0. The fraction of sp³-hybridized carbons (Fsp3) is 0.600. The van der Waals surface area contributed by atoms with Crippen LogP contribution in [-0.2, 0) is 9.47 Å². The first-order valence-corrected chi connectivity index (χ1v) is 5.60. The second kappa shape index (κ2) is 4.94. The molecule has 104 valence electrons. The Morgan fingerprint density at radius 2 is 1.95 bits per heavy atom. The quantitative estimate of drug-likeness (QED) is 0.604. The molecule has 1 fully saturated rings. The molecule has 9 nitrogen and oxygen atoms in total. The number of nitro groups is 2. The van der Waals surface area contributed by atoms with Gasteiger partial charge in [-0.15, -0.1) is 0 Å². The first kappa shape index (κ1) is 13.4. The fourth-order valence-corrected chi connectivity index (χ4v) is 1.72. The molecule has 19 heavy (non-hydrogen) atoms. The Labute approximate surface area is 107 Å². The number of ether oxygens (including phenoxy) is 2. The second-order valence-corrected chi connectivity index (χ2v) is 4.22. The van der Waals surface area contributed by atoms with E-state index in [1.54, 1.807) is 6.92 Å². The number of furan rings is 1. The van der Waals surface area contributed by atoms with E-state index in [1.165, 1.54) is 12.1 Å². The lowest BCUT2D eigenvalue weighted by atomic mass is 9.99. The minimum absolute atomic E-state index is 0.125. The minimum atomic E-state index is -1.27. The van der Waals surface area contributed by atoms with Gasteiger partial charge in [0.2, 0.25) is 6.29 Å². The molecular formula is C10H12N2O7. The average molecular weight is 272 g/mol. The lowest BCUT2D eigenvalue weighted by Crippen LogP contribution is -2.50. The van der Waals surface area contributed by atoms with Crippen molar-refractivity contribution in [2.45, 2.75) is 25.2 Å². The van der Waals surface area contributed by atoms with Gasteiger partial charge in [0.05, 0.1) is 6.07 Å². The monoisotopic (exact) mass is 272 g/mol. The summed E-state index contributed by atoms with van der Waals surface area (Å²) in [6.45, 7) is 1.42. The Balaban J connectivity index is 2.07. The van der Waals surface area contributed by atoms with Gasteiger partial charge in [0.25, 0.3) is 5.54 Å². The van der Waals surface area contributed by atoms with E-state index in [0.29, 0.717) is 0 Å². The number of nitrogens with zero attached hydrogens (tertiary/aromatic N) is 2. The normalized spacial score (nSPS) is 27.1. The Bertz CT molecular complexity index is 490. The van der Waals surface area contributed by atoms with E-state index in [4.69, 9.17) is 13.9 Å². The first-order chi connectivity index (χ1) is 8.98. The van der Waals surface area contributed by atoms with Gasteiger partial charge in [-0.05, 0) is 6.07 Å². The van der Waals surface area contributed by atoms with Crippen LogP contribution in [0.5, 0.6) is 0 Å². The van der Waals surface area contributed by atoms with Crippen LogP contribution in [-0.4, -0.2) is 28.6 Å². The second-order valence-electron chi connectivity index (χ2n) is 4.22. The maximum Gasteiger partial charge on any atom is 0.433 e. The topological polar surface area (TPSA) is 118 Å². The van der Waals surface area contributed by atoms with Gasteiger partial charge in [-0.25, -0.2) is 0 Å². The van der Waals surface area contributed by atoms with Gasteiger partial charge < -0.3 is 13.9 Å². The Hall–Kier alpha value is -2.00. The molecule has 1 aliphatic rings. The van der Waals surface area contributed by atoms with Crippen LogP contribution in [0.15, 0.2) is 16.5 Å². The van der Waals surface area contributed by atoms with Crippen molar-refractivity contribution in [3.63, 3.8) is 0 Å². The van der Waals surface area contributed by atoms with Gasteiger partial charge in [0.15, 0.2) is 5.76 Å². The summed E-state index contributed by atoms with van der Waals surface area (Å²) in [6.07, 6.45) is -0.682. The van der Waals surface area contributed by atoms with Crippen LogP contribution in [0.2, 0.25) is 0 Å². The molecule has 0 N–H and O–H groups in total. The van der Waals surface area contributed by atoms with Crippen molar-refractivity contribution in [2.24, 2.45) is 0 Å². The van der Waals surface area contributed by atoms with Gasteiger partial charge >= 0.3 is 5.88 Å². The van der Waals surface area contributed by atoms with E-state index in [-0.39, 0.29) is 25.4 Å². The summed E-state index contributed by atoms with van der Waals surface area (Å²) < 4.78 is 15.4. The van der Waals surface area contributed by atoms with Crippen LogP contribution in [0.3, 0.4) is 0 Å². The van der Waals surface area contributed by atoms with Crippen molar-refractivity contribution in [1.82, 2.24) is 0 Å². The summed E-state index contributed by atoms with van der Waals surface area (Å²) in [5.74, 6) is -0.302. The first-order valence-electron chi connectivity index (χ1n) is 5.60. The minimum Gasteiger partial charge on any atom is -0.400 e. The molecule has 0 saturated carbocycles. The van der Waals surface area contributed by atoms with Crippen molar-refractivity contribution in [1.29, 1.82) is 0 Å². The summed E-state index contributed by atoms with van der Waals surface area (Å²) in [4.78, 5) is 20.3. The molecule has 1 aromatic heterocycles. The van der Waals surface area contributed by atoms with Crippen molar-refractivity contribution in [3.8, 4) is 0 Å². The average Bonchev–Trinajstić information content (AvgIpc) is 2.88. The fourth-order valence-electron chi connectivity index (χ4n) is 1.72. The number of hydrogen-bond donors (Lipinski definition) is 0. The molecule has 0 atom stereocenters. The summed E-state index contributed by atoms with van der Waals surface area (Å²) in [6, 6.07) is 2.53. The number of rotatable bonds is 4. The predicted octanol–water partition coefficient (Wildman–Crippen LogP) is 1.66. The standard InChI is InChI=1S/C10H12N2O7/c1-2-10(12(15)16)5-17-9(18-6-10)7-3-4-8(19-7)11(13)14/h3-4,9H,2,5-6H2,1H3. The Morgan fingerprint density at radius 3 is 2.37 bits per heavy atom. The van der Waals surface area contributed by atoms with Crippen molar-refractivity contribution < 1.29 is 23.7 Å². The van der Waals surface area contributed by atoms with E-state index in [2.05, 4.69) is 0 Å². The molecule has 1 saturated heterocycles. The zero-order valence-corrected chi connectivity index (χ0v) is 10.1. The van der Waals surface area contributed by atoms with E-state index < -0.39 is 27.6 Å². The third kappa shape index (κ3) is 2.42. The molecule has 0 radical (unpaired) electrons. The third-order valence-electron chi connectivity index (χ3n) is 3.08. The van der Waals surface area contributed by atoms with Crippen LogP contribution in [0.1, 0.15) is 25.4 Å². The van der Waals surface area contributed by atoms with Crippen molar-refractivity contribution in [2.75, 3.05) is 13.2 Å². The highest BCUT2D eigenvalue weighted by atomic mass is 16.7. The molecule has 9 heteroatoms. The molecule has 0 spiro atoms. The van der Waals surface area contributed by atoms with Gasteiger partial charge in [0.1, 0.15) is 18.1 Å². The van der Waals surface area contributed by atoms with Gasteiger partial charge in [-0.2, -0.15) is 0 Å². The van der Waals surface area contributed by atoms with Gasteiger partial charge in [0, 0.05) is 11.3 Å². The van der Waals surface area contributed by atoms with Crippen LogP contribution >= 0.6 is 0 Å². The maximum atomic E-state index is 11.0. The van der Waals surface area contributed by atoms with Crippen molar-refractivity contribution in [3.05, 3.63) is 38.1 Å². The summed E-state index contributed by atoms with van der Waals surface area (Å²) in [7, 11) is 0. The molecule has 0 bridgehead atoms. The molecule has 0 aromatic carbocycles. The largest absolute Gasteiger partial charge is 0.433 e. The third-order valence-corrected chi connectivity index (χ3v) is 3.08. The highest BCUT2D eigenvalue weighted by Crippen LogP contribution is 2.32. The summed E-state index contributed by atoms with van der Waals surface area (Å²) >= 11 is 0. The zero-order valence-electron chi connectivity index (χ0n) is 10.1. The van der Waals surface area contributed by atoms with Crippen LogP contribution < -0.4 is 0 Å². The van der Waals surface area contributed by atoms with E-state index in [0.717, 1.165) is 0 Å². The highest BCUT2D eigenvalue weighted by Gasteiger charge is 2.47. The molecule has 2 heterocycles. The Morgan fingerprint density at radius 1 is 1.32 bits per heavy atom. The smallest absolute Gasteiger partial charge is 0.400 e. The predicted molar refractivity (Wildman–Crippen MR) is 60.0 cm³/mol. The van der Waals surface area contributed by atoms with Crippen molar-refractivity contribution >= 4 is 5.88 Å². The maximum absolute atomic E-state index is 11.0. The lowest BCUT2D eigenvalue weighted by Gasteiger charge is -2.31. The molecule has 0 aliphatic carbocycles. The molecule has 0 amide bonds. The Kier molecular flexibility index (Phi) is 3.49. The van der Waals surface area contributed by atoms with Crippen LogP contribution in [0, 0.1) is 20.2 Å². The SMILES string of the molecule is CCC1([N+](=O)[O-])COC(c2ccc([N+](=O)[O-])o2)OC1. The molecular weight excluding hydrogens is 260 g/mol. The highest BCUT2D eigenvalue weighted by molar-refractivity contribution is 5.18. The molecule has 0 unspecified atom stereocenters. The van der Waals surface area contributed by atoms with E-state index in [1.807, 2.05) is 0 Å². The summed E-state index contributed by atoms with van der Waals surface area (Å²) in [5, 5.41) is 21.5. The van der Waals surface area contributed by atoms with E-state index >= 15 is 0 Å². The van der Waals surface area contributed by atoms with Gasteiger partial charge in [-0.1, -0.05) is 6.92 Å². The summed E-state index contributed by atoms with van der Waals surface area (Å²) in [5.41, 5.74) is -1.27.